The van der Waals surface area contributed by atoms with Gasteiger partial charge in [0.15, 0.2) is 0 Å². The lowest BCUT2D eigenvalue weighted by Crippen LogP contribution is -2.51. The summed E-state index contributed by atoms with van der Waals surface area (Å²) in [7, 11) is 0. The standard InChI is InChI=1S/C19H31N5O/c1-16-14-17(21-18(20-16)24-8-4-5-9-24)23-12-10-22(11-13-23)15-19(25)6-2-3-7-19/h14,25H,2-13,15H2,1H3. The zero-order chi connectivity index (χ0) is 17.3. The van der Waals surface area contributed by atoms with E-state index in [2.05, 4.69) is 32.7 Å². The first-order chi connectivity index (χ1) is 12.1. The van der Waals surface area contributed by atoms with Crippen molar-refractivity contribution in [2.75, 3.05) is 55.6 Å². The zero-order valence-electron chi connectivity index (χ0n) is 15.5. The summed E-state index contributed by atoms with van der Waals surface area (Å²) in [5.74, 6) is 1.96. The Morgan fingerprint density at radius 3 is 2.28 bits per heavy atom. The number of β-amino-alcohol motifs (C(OH)–C–C–N with tert-alkyl or cyclic N) is 1. The quantitative estimate of drug-likeness (QED) is 0.898. The van der Waals surface area contributed by atoms with Gasteiger partial charge in [-0.1, -0.05) is 12.8 Å². The second kappa shape index (κ2) is 7.08. The van der Waals surface area contributed by atoms with E-state index < -0.39 is 5.60 Å². The van der Waals surface area contributed by atoms with Crippen molar-refractivity contribution in [3.63, 3.8) is 0 Å². The highest BCUT2D eigenvalue weighted by Gasteiger charge is 2.34. The SMILES string of the molecule is Cc1cc(N2CCN(CC3(O)CCCC3)CC2)nc(N2CCCC2)n1. The van der Waals surface area contributed by atoms with Gasteiger partial charge in [0.25, 0.3) is 0 Å². The summed E-state index contributed by atoms with van der Waals surface area (Å²) in [6, 6.07) is 2.11. The number of piperazine rings is 1. The molecule has 2 saturated heterocycles. The minimum atomic E-state index is -0.434. The van der Waals surface area contributed by atoms with Crippen molar-refractivity contribution in [1.29, 1.82) is 0 Å². The van der Waals surface area contributed by atoms with E-state index in [4.69, 9.17) is 4.98 Å². The van der Waals surface area contributed by atoms with Gasteiger partial charge in [-0.15, -0.1) is 0 Å². The molecule has 0 aromatic carbocycles. The Bertz CT molecular complexity index is 587. The Kier molecular flexibility index (Phi) is 4.82. The number of hydrogen-bond donors (Lipinski definition) is 1. The molecule has 0 bridgehead atoms. The van der Waals surface area contributed by atoms with Gasteiger partial charge in [0, 0.05) is 57.6 Å². The zero-order valence-corrected chi connectivity index (χ0v) is 15.5. The Balaban J connectivity index is 1.38. The van der Waals surface area contributed by atoms with Gasteiger partial charge in [0.2, 0.25) is 5.95 Å². The predicted molar refractivity (Wildman–Crippen MR) is 100 cm³/mol. The van der Waals surface area contributed by atoms with Gasteiger partial charge < -0.3 is 14.9 Å². The Hall–Kier alpha value is -1.40. The average molecular weight is 345 g/mol. The molecular weight excluding hydrogens is 314 g/mol. The van der Waals surface area contributed by atoms with Crippen LogP contribution in [0.25, 0.3) is 0 Å². The number of hydrogen-bond acceptors (Lipinski definition) is 6. The number of aromatic nitrogens is 2. The van der Waals surface area contributed by atoms with Gasteiger partial charge in [-0.2, -0.15) is 4.98 Å². The molecule has 1 aliphatic carbocycles. The highest BCUT2D eigenvalue weighted by atomic mass is 16.3. The fourth-order valence-electron chi connectivity index (χ4n) is 4.50. The number of aliphatic hydroxyl groups is 1. The van der Waals surface area contributed by atoms with E-state index >= 15 is 0 Å². The van der Waals surface area contributed by atoms with Crippen LogP contribution in [0.5, 0.6) is 0 Å². The lowest BCUT2D eigenvalue weighted by molar-refractivity contribution is 0.00800. The molecule has 2 aliphatic heterocycles. The van der Waals surface area contributed by atoms with E-state index in [0.29, 0.717) is 0 Å². The normalized spacial score (nSPS) is 24.2. The van der Waals surface area contributed by atoms with Crippen LogP contribution < -0.4 is 9.80 Å². The molecule has 3 fully saturated rings. The van der Waals surface area contributed by atoms with Crippen molar-refractivity contribution in [2.45, 2.75) is 51.0 Å². The van der Waals surface area contributed by atoms with Crippen molar-refractivity contribution >= 4 is 11.8 Å². The van der Waals surface area contributed by atoms with Crippen molar-refractivity contribution < 1.29 is 5.11 Å². The number of nitrogens with zero attached hydrogens (tertiary/aromatic N) is 5. The van der Waals surface area contributed by atoms with Crippen molar-refractivity contribution in [3.8, 4) is 0 Å². The van der Waals surface area contributed by atoms with E-state index in [-0.39, 0.29) is 0 Å². The van der Waals surface area contributed by atoms with E-state index in [1.807, 2.05) is 0 Å². The second-order valence-corrected chi connectivity index (χ2v) is 8.06. The van der Waals surface area contributed by atoms with Crippen LogP contribution in [0.15, 0.2) is 6.07 Å². The van der Waals surface area contributed by atoms with Gasteiger partial charge >= 0.3 is 0 Å². The minimum absolute atomic E-state index is 0.434. The third-order valence-corrected chi connectivity index (χ3v) is 5.97. The average Bonchev–Trinajstić information content (AvgIpc) is 3.27. The monoisotopic (exact) mass is 345 g/mol. The maximum atomic E-state index is 10.6. The van der Waals surface area contributed by atoms with Crippen LogP contribution in [0.1, 0.15) is 44.2 Å². The Morgan fingerprint density at radius 1 is 0.920 bits per heavy atom. The van der Waals surface area contributed by atoms with Gasteiger partial charge in [-0.05, 0) is 32.6 Å². The van der Waals surface area contributed by atoms with Crippen molar-refractivity contribution in [1.82, 2.24) is 14.9 Å². The van der Waals surface area contributed by atoms with E-state index in [0.717, 1.165) is 76.1 Å². The molecule has 3 heterocycles. The Labute approximate surface area is 150 Å². The van der Waals surface area contributed by atoms with Crippen LogP contribution in [0.3, 0.4) is 0 Å². The molecule has 3 aliphatic rings. The van der Waals surface area contributed by atoms with Gasteiger partial charge in [-0.25, -0.2) is 4.98 Å². The van der Waals surface area contributed by atoms with Crippen LogP contribution >= 0.6 is 0 Å². The fourth-order valence-corrected chi connectivity index (χ4v) is 4.50. The predicted octanol–water partition coefficient (Wildman–Crippen LogP) is 1.81. The summed E-state index contributed by atoms with van der Waals surface area (Å²) in [6.07, 6.45) is 6.78. The summed E-state index contributed by atoms with van der Waals surface area (Å²) >= 11 is 0. The third-order valence-electron chi connectivity index (χ3n) is 5.97. The summed E-state index contributed by atoms with van der Waals surface area (Å²) < 4.78 is 0. The van der Waals surface area contributed by atoms with Crippen molar-refractivity contribution in [3.05, 3.63) is 11.8 Å². The van der Waals surface area contributed by atoms with Gasteiger partial charge in [0.05, 0.1) is 5.60 Å². The van der Waals surface area contributed by atoms with Crippen LogP contribution in [-0.2, 0) is 0 Å². The topological polar surface area (TPSA) is 55.7 Å². The molecule has 0 spiro atoms. The molecule has 0 amide bonds. The van der Waals surface area contributed by atoms with Crippen molar-refractivity contribution in [2.24, 2.45) is 0 Å². The lowest BCUT2D eigenvalue weighted by atomic mass is 10.0. The molecule has 25 heavy (non-hydrogen) atoms. The molecule has 0 atom stereocenters. The number of anilines is 2. The largest absolute Gasteiger partial charge is 0.389 e. The Morgan fingerprint density at radius 2 is 1.60 bits per heavy atom. The molecule has 0 radical (unpaired) electrons. The summed E-state index contributed by atoms with van der Waals surface area (Å²) in [4.78, 5) is 16.6. The first kappa shape index (κ1) is 17.0. The summed E-state index contributed by atoms with van der Waals surface area (Å²) in [5, 5.41) is 10.6. The summed E-state index contributed by atoms with van der Waals surface area (Å²) in [6.45, 7) is 9.02. The first-order valence-corrected chi connectivity index (χ1v) is 9.92. The lowest BCUT2D eigenvalue weighted by Gasteiger charge is -2.38. The fraction of sp³-hybridized carbons (Fsp3) is 0.789. The van der Waals surface area contributed by atoms with Gasteiger partial charge in [0.1, 0.15) is 5.82 Å². The molecule has 6 nitrogen and oxygen atoms in total. The van der Waals surface area contributed by atoms with E-state index in [1.165, 1.54) is 25.7 Å². The highest BCUT2D eigenvalue weighted by Crippen LogP contribution is 2.30. The molecular formula is C19H31N5O. The third kappa shape index (κ3) is 3.90. The molecule has 6 heteroatoms. The molecule has 1 N–H and O–H groups in total. The molecule has 0 unspecified atom stereocenters. The van der Waals surface area contributed by atoms with Crippen LogP contribution in [0.2, 0.25) is 0 Å². The molecule has 1 saturated carbocycles. The summed E-state index contributed by atoms with van der Waals surface area (Å²) in [5.41, 5.74) is 0.617. The highest BCUT2D eigenvalue weighted by molar-refractivity contribution is 5.46. The maximum absolute atomic E-state index is 10.6. The first-order valence-electron chi connectivity index (χ1n) is 9.92. The molecule has 1 aromatic heterocycles. The second-order valence-electron chi connectivity index (χ2n) is 8.06. The van der Waals surface area contributed by atoms with E-state index in [9.17, 15) is 5.11 Å². The molecule has 138 valence electrons. The maximum Gasteiger partial charge on any atom is 0.227 e. The molecule has 1 aromatic rings. The minimum Gasteiger partial charge on any atom is -0.389 e. The number of rotatable bonds is 4. The molecule has 4 rings (SSSR count). The van der Waals surface area contributed by atoms with Gasteiger partial charge in [-0.3, -0.25) is 4.90 Å². The van der Waals surface area contributed by atoms with E-state index in [1.54, 1.807) is 0 Å². The van der Waals surface area contributed by atoms with Crippen LogP contribution in [0.4, 0.5) is 11.8 Å². The van der Waals surface area contributed by atoms with Crippen LogP contribution in [0, 0.1) is 6.92 Å². The number of aryl methyl sites for hydroxylation is 1. The smallest absolute Gasteiger partial charge is 0.227 e. The van der Waals surface area contributed by atoms with Crippen LogP contribution in [-0.4, -0.2) is 71.4 Å².